The monoisotopic (exact) mass is 276 g/mol. The fourth-order valence-corrected chi connectivity index (χ4v) is 2.54. The second kappa shape index (κ2) is 6.07. The summed E-state index contributed by atoms with van der Waals surface area (Å²) >= 11 is 0. The van der Waals surface area contributed by atoms with Crippen LogP contribution in [0.4, 0.5) is 11.8 Å². The molecule has 0 saturated heterocycles. The van der Waals surface area contributed by atoms with E-state index in [0.717, 1.165) is 23.4 Å². The number of nitrogens with zero attached hydrogens (tertiary/aromatic N) is 3. The van der Waals surface area contributed by atoms with Gasteiger partial charge in [0.15, 0.2) is 5.65 Å². The van der Waals surface area contributed by atoms with Crippen molar-refractivity contribution in [2.24, 2.45) is 17.8 Å². The predicted molar refractivity (Wildman–Crippen MR) is 82.9 cm³/mol. The molecule has 0 radical (unpaired) electrons. The van der Waals surface area contributed by atoms with E-state index in [1.807, 2.05) is 7.05 Å². The van der Waals surface area contributed by atoms with Crippen LogP contribution in [0.25, 0.3) is 11.0 Å². The highest BCUT2D eigenvalue weighted by Gasteiger charge is 2.18. The zero-order valence-corrected chi connectivity index (χ0v) is 12.9. The van der Waals surface area contributed by atoms with Gasteiger partial charge in [0.2, 0.25) is 5.95 Å². The van der Waals surface area contributed by atoms with E-state index in [9.17, 15) is 0 Å². The maximum Gasteiger partial charge on any atom is 0.226 e. The first-order chi connectivity index (χ1) is 9.52. The van der Waals surface area contributed by atoms with E-state index in [-0.39, 0.29) is 0 Å². The van der Waals surface area contributed by atoms with Crippen LogP contribution in [0, 0.1) is 17.8 Å². The van der Waals surface area contributed by atoms with Gasteiger partial charge in [0.25, 0.3) is 0 Å². The Kier molecular flexibility index (Phi) is 4.42. The summed E-state index contributed by atoms with van der Waals surface area (Å²) in [4.78, 5) is 8.82. The lowest BCUT2D eigenvalue weighted by Gasteiger charge is -2.25. The minimum Gasteiger partial charge on any atom is -0.369 e. The van der Waals surface area contributed by atoms with Crippen molar-refractivity contribution >= 4 is 22.8 Å². The first-order valence-corrected chi connectivity index (χ1v) is 7.15. The molecule has 0 unspecified atom stereocenters. The standard InChI is InChI=1S/C14H24N6/c1-8(2)10(9(3)4)6-16-12-11-7-17-20-13(11)19-14(15-5)18-12/h7-10H,6H2,1-5H3,(H3,15,16,17,18,19,20). The Labute approximate surface area is 119 Å². The second-order valence-corrected chi connectivity index (χ2v) is 5.81. The van der Waals surface area contributed by atoms with Crippen LogP contribution in [-0.4, -0.2) is 33.8 Å². The van der Waals surface area contributed by atoms with Crippen molar-refractivity contribution in [2.75, 3.05) is 24.2 Å². The summed E-state index contributed by atoms with van der Waals surface area (Å²) in [6, 6.07) is 0. The minimum absolute atomic E-state index is 0.592. The first kappa shape index (κ1) is 14.6. The molecule has 20 heavy (non-hydrogen) atoms. The Balaban J connectivity index is 2.22. The normalized spacial score (nSPS) is 11.8. The SMILES string of the molecule is CNc1nc(NCC(C(C)C)C(C)C)c2cn[nH]c2n1. The highest BCUT2D eigenvalue weighted by molar-refractivity contribution is 5.86. The molecule has 110 valence electrons. The average Bonchev–Trinajstić information content (AvgIpc) is 2.85. The van der Waals surface area contributed by atoms with Crippen molar-refractivity contribution in [3.05, 3.63) is 6.20 Å². The smallest absolute Gasteiger partial charge is 0.226 e. The number of aromatic nitrogens is 4. The third kappa shape index (κ3) is 3.00. The average molecular weight is 276 g/mol. The maximum absolute atomic E-state index is 4.49. The number of aromatic amines is 1. The van der Waals surface area contributed by atoms with Crippen LogP contribution in [0.2, 0.25) is 0 Å². The molecule has 0 amide bonds. The summed E-state index contributed by atoms with van der Waals surface area (Å²) in [5, 5.41) is 14.3. The van der Waals surface area contributed by atoms with Crippen molar-refractivity contribution in [1.82, 2.24) is 20.2 Å². The van der Waals surface area contributed by atoms with Gasteiger partial charge in [-0.25, -0.2) is 0 Å². The predicted octanol–water partition coefficient (Wildman–Crippen LogP) is 2.73. The molecule has 0 spiro atoms. The number of anilines is 2. The molecule has 0 saturated carbocycles. The molecular weight excluding hydrogens is 252 g/mol. The summed E-state index contributed by atoms with van der Waals surface area (Å²) in [6.07, 6.45) is 1.76. The Hall–Kier alpha value is -1.85. The highest BCUT2D eigenvalue weighted by Crippen LogP contribution is 2.24. The molecule has 0 bridgehead atoms. The Morgan fingerprint density at radius 2 is 1.85 bits per heavy atom. The molecule has 3 N–H and O–H groups in total. The summed E-state index contributed by atoms with van der Waals surface area (Å²) in [7, 11) is 1.81. The summed E-state index contributed by atoms with van der Waals surface area (Å²) in [6.45, 7) is 9.95. The zero-order valence-electron chi connectivity index (χ0n) is 12.9. The molecule has 2 aromatic heterocycles. The molecule has 6 nitrogen and oxygen atoms in total. The van der Waals surface area contributed by atoms with Gasteiger partial charge in [-0.1, -0.05) is 27.7 Å². The molecule has 6 heteroatoms. The highest BCUT2D eigenvalue weighted by atomic mass is 15.2. The quantitative estimate of drug-likeness (QED) is 0.756. The van der Waals surface area contributed by atoms with Crippen LogP contribution in [0.15, 0.2) is 6.20 Å². The zero-order chi connectivity index (χ0) is 14.7. The van der Waals surface area contributed by atoms with E-state index in [0.29, 0.717) is 23.7 Å². The van der Waals surface area contributed by atoms with Crippen molar-refractivity contribution in [3.63, 3.8) is 0 Å². The van der Waals surface area contributed by atoms with E-state index >= 15 is 0 Å². The Morgan fingerprint density at radius 1 is 1.15 bits per heavy atom. The number of fused-ring (bicyclic) bond motifs is 1. The summed E-state index contributed by atoms with van der Waals surface area (Å²) in [5.74, 6) is 3.29. The van der Waals surface area contributed by atoms with Gasteiger partial charge in [-0.05, 0) is 17.8 Å². The van der Waals surface area contributed by atoms with Crippen LogP contribution in [0.1, 0.15) is 27.7 Å². The van der Waals surface area contributed by atoms with E-state index < -0.39 is 0 Å². The molecule has 0 aliphatic carbocycles. The molecule has 0 fully saturated rings. The second-order valence-electron chi connectivity index (χ2n) is 5.81. The molecule has 2 rings (SSSR count). The van der Waals surface area contributed by atoms with Gasteiger partial charge in [0, 0.05) is 13.6 Å². The lowest BCUT2D eigenvalue weighted by Crippen LogP contribution is -2.25. The fraction of sp³-hybridized carbons (Fsp3) is 0.643. The Morgan fingerprint density at radius 3 is 2.45 bits per heavy atom. The molecular formula is C14H24N6. The van der Waals surface area contributed by atoms with Crippen LogP contribution in [0.5, 0.6) is 0 Å². The third-order valence-electron chi connectivity index (χ3n) is 3.75. The van der Waals surface area contributed by atoms with Gasteiger partial charge in [-0.2, -0.15) is 15.1 Å². The largest absolute Gasteiger partial charge is 0.369 e. The van der Waals surface area contributed by atoms with Crippen LogP contribution in [-0.2, 0) is 0 Å². The number of hydrogen-bond acceptors (Lipinski definition) is 5. The Bertz CT molecular complexity index is 552. The van der Waals surface area contributed by atoms with Crippen molar-refractivity contribution in [1.29, 1.82) is 0 Å². The molecule has 2 aromatic rings. The van der Waals surface area contributed by atoms with Crippen LogP contribution >= 0.6 is 0 Å². The van der Waals surface area contributed by atoms with Gasteiger partial charge >= 0.3 is 0 Å². The van der Waals surface area contributed by atoms with Gasteiger partial charge in [-0.15, -0.1) is 0 Å². The van der Waals surface area contributed by atoms with E-state index in [2.05, 4.69) is 58.5 Å². The molecule has 0 aromatic carbocycles. The third-order valence-corrected chi connectivity index (χ3v) is 3.75. The lowest BCUT2D eigenvalue weighted by atomic mass is 9.85. The maximum atomic E-state index is 4.49. The van der Waals surface area contributed by atoms with Crippen LogP contribution < -0.4 is 10.6 Å². The number of rotatable bonds is 6. The van der Waals surface area contributed by atoms with E-state index in [4.69, 9.17) is 0 Å². The first-order valence-electron chi connectivity index (χ1n) is 7.15. The lowest BCUT2D eigenvalue weighted by molar-refractivity contribution is 0.304. The topological polar surface area (TPSA) is 78.5 Å². The molecule has 0 atom stereocenters. The van der Waals surface area contributed by atoms with E-state index in [1.54, 1.807) is 6.20 Å². The minimum atomic E-state index is 0.592. The molecule has 2 heterocycles. The molecule has 0 aliphatic rings. The van der Waals surface area contributed by atoms with Crippen molar-refractivity contribution in [2.45, 2.75) is 27.7 Å². The van der Waals surface area contributed by atoms with Crippen molar-refractivity contribution < 1.29 is 0 Å². The number of hydrogen-bond donors (Lipinski definition) is 3. The summed E-state index contributed by atoms with van der Waals surface area (Å²) < 4.78 is 0. The van der Waals surface area contributed by atoms with Crippen molar-refractivity contribution in [3.8, 4) is 0 Å². The number of H-pyrrole nitrogens is 1. The fourth-order valence-electron chi connectivity index (χ4n) is 2.54. The van der Waals surface area contributed by atoms with E-state index in [1.165, 1.54) is 0 Å². The summed E-state index contributed by atoms with van der Waals surface area (Å²) in [5.41, 5.74) is 0.748. The number of nitrogens with one attached hydrogen (secondary N) is 3. The van der Waals surface area contributed by atoms with Gasteiger partial charge in [-0.3, -0.25) is 5.10 Å². The van der Waals surface area contributed by atoms with Gasteiger partial charge in [0.05, 0.1) is 11.6 Å². The van der Waals surface area contributed by atoms with Crippen LogP contribution in [0.3, 0.4) is 0 Å². The molecule has 0 aliphatic heterocycles. The van der Waals surface area contributed by atoms with Gasteiger partial charge in [0.1, 0.15) is 5.82 Å². The van der Waals surface area contributed by atoms with Gasteiger partial charge < -0.3 is 10.6 Å².